The first kappa shape index (κ1) is 21.2. The van der Waals surface area contributed by atoms with E-state index in [1.807, 2.05) is 0 Å². The van der Waals surface area contributed by atoms with Gasteiger partial charge in [-0.25, -0.2) is 8.42 Å². The number of nitrogens with zero attached hydrogens (tertiary/aromatic N) is 2. The Bertz CT molecular complexity index is 561. The van der Waals surface area contributed by atoms with Gasteiger partial charge in [0.15, 0.2) is 15.8 Å². The molecule has 3 aliphatic heterocycles. The number of likely N-dealkylation sites (tertiary alicyclic amines) is 1. The van der Waals surface area contributed by atoms with E-state index in [1.165, 1.54) is 12.8 Å². The minimum absolute atomic E-state index is 0. The minimum atomic E-state index is -2.82. The van der Waals surface area contributed by atoms with Gasteiger partial charge < -0.3 is 15.0 Å². The molecule has 146 valence electrons. The van der Waals surface area contributed by atoms with E-state index in [1.54, 1.807) is 0 Å². The number of hydrogen-bond donors (Lipinski definition) is 1. The van der Waals surface area contributed by atoms with Gasteiger partial charge in [0.25, 0.3) is 0 Å². The van der Waals surface area contributed by atoms with Crippen LogP contribution in [-0.4, -0.2) is 69.7 Å². The van der Waals surface area contributed by atoms with Gasteiger partial charge >= 0.3 is 0 Å². The molecule has 3 rings (SSSR count). The van der Waals surface area contributed by atoms with Gasteiger partial charge in [-0.15, -0.1) is 24.0 Å². The fraction of sp³-hybridized carbons (Fsp3) is 0.941. The lowest BCUT2D eigenvalue weighted by atomic mass is 9.91. The number of sulfone groups is 1. The van der Waals surface area contributed by atoms with E-state index in [-0.39, 0.29) is 29.9 Å². The van der Waals surface area contributed by atoms with Gasteiger partial charge in [-0.3, -0.25) is 4.99 Å². The van der Waals surface area contributed by atoms with Crippen LogP contribution >= 0.6 is 24.0 Å². The van der Waals surface area contributed by atoms with Crippen LogP contribution in [0.3, 0.4) is 0 Å². The average molecular weight is 485 g/mol. The Morgan fingerprint density at radius 2 is 2.08 bits per heavy atom. The third-order valence-corrected chi connectivity index (χ3v) is 7.24. The van der Waals surface area contributed by atoms with E-state index in [0.717, 1.165) is 38.7 Å². The lowest BCUT2D eigenvalue weighted by Crippen LogP contribution is -2.44. The van der Waals surface area contributed by atoms with Crippen molar-refractivity contribution in [1.82, 2.24) is 10.2 Å². The minimum Gasteiger partial charge on any atom is -0.381 e. The Labute approximate surface area is 169 Å². The Kier molecular flexibility index (Phi) is 7.82. The lowest BCUT2D eigenvalue weighted by molar-refractivity contribution is 0.173. The topological polar surface area (TPSA) is 71.0 Å². The summed E-state index contributed by atoms with van der Waals surface area (Å²) in [6, 6.07) is 0.324. The number of halogens is 1. The van der Waals surface area contributed by atoms with Crippen molar-refractivity contribution in [3.63, 3.8) is 0 Å². The van der Waals surface area contributed by atoms with Crippen molar-refractivity contribution in [3.8, 4) is 0 Å². The fourth-order valence-corrected chi connectivity index (χ4v) is 5.87. The molecule has 0 spiro atoms. The highest BCUT2D eigenvalue weighted by molar-refractivity contribution is 14.0. The van der Waals surface area contributed by atoms with E-state index in [2.05, 4.69) is 24.1 Å². The van der Waals surface area contributed by atoms with Crippen LogP contribution in [-0.2, 0) is 14.6 Å². The molecule has 3 heterocycles. The Hall–Kier alpha value is -0.0900. The third-order valence-electron chi connectivity index (χ3n) is 5.40. The summed E-state index contributed by atoms with van der Waals surface area (Å²) in [7, 11) is -2.82. The molecule has 25 heavy (non-hydrogen) atoms. The maximum Gasteiger partial charge on any atom is 0.194 e. The molecule has 1 N–H and O–H groups in total. The molecule has 3 saturated heterocycles. The van der Waals surface area contributed by atoms with Crippen LogP contribution in [0.1, 0.15) is 33.1 Å². The number of aliphatic imine (C=N–C) groups is 1. The Morgan fingerprint density at radius 3 is 2.68 bits per heavy atom. The summed E-state index contributed by atoms with van der Waals surface area (Å²) in [5.74, 6) is 3.14. The van der Waals surface area contributed by atoms with Gasteiger partial charge in [0.05, 0.1) is 11.5 Å². The van der Waals surface area contributed by atoms with E-state index in [9.17, 15) is 8.42 Å². The third kappa shape index (κ3) is 5.95. The van der Waals surface area contributed by atoms with Gasteiger partial charge in [0.1, 0.15) is 0 Å². The van der Waals surface area contributed by atoms with Crippen molar-refractivity contribution in [1.29, 1.82) is 0 Å². The molecule has 0 amide bonds. The van der Waals surface area contributed by atoms with E-state index < -0.39 is 9.84 Å². The van der Waals surface area contributed by atoms with E-state index >= 15 is 0 Å². The molecule has 0 aromatic rings. The number of ether oxygens (including phenoxy) is 1. The van der Waals surface area contributed by atoms with Gasteiger partial charge in [-0.2, -0.15) is 0 Å². The zero-order valence-corrected chi connectivity index (χ0v) is 18.5. The quantitative estimate of drug-likeness (QED) is 0.373. The molecular formula is C17H32IN3O3S. The first-order valence-electron chi connectivity index (χ1n) is 9.27. The number of hydrogen-bond acceptors (Lipinski definition) is 4. The normalized spacial score (nSPS) is 32.2. The molecular weight excluding hydrogens is 453 g/mol. The maximum atomic E-state index is 11.6. The molecule has 0 aromatic heterocycles. The number of nitrogens with one attached hydrogen (secondary N) is 1. The molecule has 0 radical (unpaired) electrons. The summed E-state index contributed by atoms with van der Waals surface area (Å²) in [6.45, 7) is 8.73. The fourth-order valence-electron chi connectivity index (χ4n) is 4.02. The van der Waals surface area contributed by atoms with Crippen molar-refractivity contribution in [2.24, 2.45) is 22.7 Å². The van der Waals surface area contributed by atoms with Crippen LogP contribution in [0, 0.1) is 17.8 Å². The smallest absolute Gasteiger partial charge is 0.194 e. The van der Waals surface area contributed by atoms with Crippen molar-refractivity contribution in [2.45, 2.75) is 39.2 Å². The Balaban J connectivity index is 0.00000225. The van der Waals surface area contributed by atoms with Crippen LogP contribution in [0.2, 0.25) is 0 Å². The first-order valence-corrected chi connectivity index (χ1v) is 11.1. The summed E-state index contributed by atoms with van der Waals surface area (Å²) in [6.07, 6.45) is 3.13. The Morgan fingerprint density at radius 1 is 1.28 bits per heavy atom. The molecule has 3 atom stereocenters. The first-order chi connectivity index (χ1) is 11.4. The molecule has 0 aromatic carbocycles. The predicted octanol–water partition coefficient (Wildman–Crippen LogP) is 1.75. The molecule has 0 saturated carbocycles. The van der Waals surface area contributed by atoms with Crippen molar-refractivity contribution in [2.75, 3.05) is 44.4 Å². The van der Waals surface area contributed by atoms with E-state index in [4.69, 9.17) is 9.73 Å². The van der Waals surface area contributed by atoms with Crippen LogP contribution in [0.25, 0.3) is 0 Å². The lowest BCUT2D eigenvalue weighted by Gasteiger charge is -2.25. The molecule has 0 aliphatic carbocycles. The molecule has 3 unspecified atom stereocenters. The number of guanidine groups is 1. The molecule has 0 bridgehead atoms. The molecule has 8 heteroatoms. The zero-order chi connectivity index (χ0) is 17.2. The predicted molar refractivity (Wildman–Crippen MR) is 111 cm³/mol. The standard InChI is InChI=1S/C17H31N3O3S.HI/c1-13(2)19-17(18-9-14-5-8-24(21,22)12-14)20-6-3-15(10-20)16-4-7-23-11-16;/h13-16H,3-12H2,1-2H3,(H,18,19);1H. The summed E-state index contributed by atoms with van der Waals surface area (Å²) >= 11 is 0. The summed E-state index contributed by atoms with van der Waals surface area (Å²) in [4.78, 5) is 7.14. The van der Waals surface area contributed by atoms with Crippen LogP contribution in [0.4, 0.5) is 0 Å². The second kappa shape index (κ2) is 9.21. The highest BCUT2D eigenvalue weighted by Gasteiger charge is 2.33. The highest BCUT2D eigenvalue weighted by atomic mass is 127. The van der Waals surface area contributed by atoms with Crippen LogP contribution in [0.15, 0.2) is 4.99 Å². The van der Waals surface area contributed by atoms with Gasteiger partial charge in [0.2, 0.25) is 0 Å². The summed E-state index contributed by atoms with van der Waals surface area (Å²) < 4.78 is 28.8. The van der Waals surface area contributed by atoms with Gasteiger partial charge in [-0.05, 0) is 50.9 Å². The van der Waals surface area contributed by atoms with Crippen molar-refractivity contribution < 1.29 is 13.2 Å². The number of rotatable bonds is 4. The second-order valence-electron chi connectivity index (χ2n) is 7.85. The van der Waals surface area contributed by atoms with E-state index in [0.29, 0.717) is 35.9 Å². The van der Waals surface area contributed by atoms with Crippen LogP contribution in [0.5, 0.6) is 0 Å². The zero-order valence-electron chi connectivity index (χ0n) is 15.3. The molecule has 6 nitrogen and oxygen atoms in total. The molecule has 3 aliphatic rings. The van der Waals surface area contributed by atoms with Crippen molar-refractivity contribution in [3.05, 3.63) is 0 Å². The second-order valence-corrected chi connectivity index (χ2v) is 10.1. The summed E-state index contributed by atoms with van der Waals surface area (Å²) in [5, 5.41) is 3.47. The van der Waals surface area contributed by atoms with Crippen molar-refractivity contribution >= 4 is 39.8 Å². The van der Waals surface area contributed by atoms with Crippen LogP contribution < -0.4 is 5.32 Å². The molecule has 3 fully saturated rings. The average Bonchev–Trinajstić information content (AvgIpc) is 3.23. The maximum absolute atomic E-state index is 11.6. The largest absolute Gasteiger partial charge is 0.381 e. The SMILES string of the molecule is CC(C)NC(=NCC1CCS(=O)(=O)C1)N1CCC(C2CCOC2)C1.I. The highest BCUT2D eigenvalue weighted by Crippen LogP contribution is 2.30. The van der Waals surface area contributed by atoms with Gasteiger partial charge in [-0.1, -0.05) is 0 Å². The monoisotopic (exact) mass is 485 g/mol. The van der Waals surface area contributed by atoms with Gasteiger partial charge in [0, 0.05) is 38.9 Å². The summed E-state index contributed by atoms with van der Waals surface area (Å²) in [5.41, 5.74) is 0.